The topological polar surface area (TPSA) is 63.2 Å². The number of ether oxygens (including phenoxy) is 1. The summed E-state index contributed by atoms with van der Waals surface area (Å²) in [5.74, 6) is 0.680. The maximum absolute atomic E-state index is 12.0. The molecule has 0 aliphatic heterocycles. The summed E-state index contributed by atoms with van der Waals surface area (Å²) in [4.78, 5) is 16.1. The molecule has 0 atom stereocenters. The summed E-state index contributed by atoms with van der Waals surface area (Å²) < 4.78 is 5.10. The van der Waals surface area contributed by atoms with Crippen LogP contribution in [0.5, 0.6) is 5.75 Å². The molecule has 116 valence electrons. The van der Waals surface area contributed by atoms with E-state index in [4.69, 9.17) is 4.74 Å². The molecule has 0 unspecified atom stereocenters. The minimum absolute atomic E-state index is 0.103. The standard InChI is InChI=1S/C18H17N3O2/c1-23-17-6-4-15(5-7-17)20-12-18(22)21-16-3-2-14-11-19-9-8-13(14)10-16/h2-11,20H,12H2,1H3,(H,21,22). The molecule has 2 aromatic carbocycles. The quantitative estimate of drug-likeness (QED) is 0.759. The van der Waals surface area contributed by atoms with Crippen molar-refractivity contribution < 1.29 is 9.53 Å². The highest BCUT2D eigenvalue weighted by atomic mass is 16.5. The molecule has 1 heterocycles. The molecular weight excluding hydrogens is 290 g/mol. The SMILES string of the molecule is COc1ccc(NCC(=O)Nc2ccc3cnccc3c2)cc1. The van der Waals surface area contributed by atoms with Crippen LogP contribution in [0, 0.1) is 0 Å². The maximum atomic E-state index is 12.0. The predicted octanol–water partition coefficient (Wildman–Crippen LogP) is 3.29. The van der Waals surface area contributed by atoms with E-state index >= 15 is 0 Å². The number of rotatable bonds is 5. The van der Waals surface area contributed by atoms with Crippen molar-refractivity contribution in [3.63, 3.8) is 0 Å². The molecular formula is C18H17N3O2. The van der Waals surface area contributed by atoms with Crippen LogP contribution in [0.1, 0.15) is 0 Å². The van der Waals surface area contributed by atoms with E-state index in [-0.39, 0.29) is 12.5 Å². The van der Waals surface area contributed by atoms with Crippen LogP contribution < -0.4 is 15.4 Å². The monoisotopic (exact) mass is 307 g/mol. The zero-order chi connectivity index (χ0) is 16.1. The zero-order valence-electron chi connectivity index (χ0n) is 12.7. The van der Waals surface area contributed by atoms with Gasteiger partial charge in [-0.1, -0.05) is 6.07 Å². The molecule has 0 saturated carbocycles. The fourth-order valence-electron chi connectivity index (χ4n) is 2.26. The second-order valence-electron chi connectivity index (χ2n) is 5.07. The summed E-state index contributed by atoms with van der Waals surface area (Å²) in [6.07, 6.45) is 3.53. The number of amides is 1. The second-order valence-corrected chi connectivity index (χ2v) is 5.07. The number of carbonyl (C=O) groups excluding carboxylic acids is 1. The van der Waals surface area contributed by atoms with E-state index in [0.717, 1.165) is 27.9 Å². The molecule has 0 bridgehead atoms. The molecule has 0 fully saturated rings. The van der Waals surface area contributed by atoms with Gasteiger partial charge in [-0.15, -0.1) is 0 Å². The Morgan fingerprint density at radius 2 is 1.83 bits per heavy atom. The molecule has 0 aliphatic carbocycles. The molecule has 1 aromatic heterocycles. The van der Waals surface area contributed by atoms with Gasteiger partial charge in [0, 0.05) is 29.2 Å². The molecule has 0 saturated heterocycles. The smallest absolute Gasteiger partial charge is 0.243 e. The normalized spacial score (nSPS) is 10.3. The third-order valence-electron chi connectivity index (χ3n) is 3.47. The molecule has 23 heavy (non-hydrogen) atoms. The van der Waals surface area contributed by atoms with E-state index in [1.807, 2.05) is 48.5 Å². The summed E-state index contributed by atoms with van der Waals surface area (Å²) >= 11 is 0. The molecule has 0 radical (unpaired) electrons. The van der Waals surface area contributed by atoms with Crippen molar-refractivity contribution in [1.29, 1.82) is 0 Å². The van der Waals surface area contributed by atoms with Gasteiger partial charge in [0.2, 0.25) is 5.91 Å². The lowest BCUT2D eigenvalue weighted by Gasteiger charge is -2.09. The van der Waals surface area contributed by atoms with Gasteiger partial charge in [-0.25, -0.2) is 0 Å². The average Bonchev–Trinajstić information content (AvgIpc) is 2.60. The minimum Gasteiger partial charge on any atom is -0.497 e. The highest BCUT2D eigenvalue weighted by molar-refractivity contribution is 5.96. The highest BCUT2D eigenvalue weighted by Crippen LogP contribution is 2.18. The predicted molar refractivity (Wildman–Crippen MR) is 91.9 cm³/mol. The van der Waals surface area contributed by atoms with Gasteiger partial charge in [0.1, 0.15) is 5.75 Å². The number of aromatic nitrogens is 1. The largest absolute Gasteiger partial charge is 0.497 e. The van der Waals surface area contributed by atoms with Crippen LogP contribution in [0.2, 0.25) is 0 Å². The number of fused-ring (bicyclic) bond motifs is 1. The summed E-state index contributed by atoms with van der Waals surface area (Å²) in [6, 6.07) is 15.1. The van der Waals surface area contributed by atoms with Crippen molar-refractivity contribution in [3.05, 3.63) is 60.9 Å². The number of carbonyl (C=O) groups is 1. The number of hydrogen-bond acceptors (Lipinski definition) is 4. The van der Waals surface area contributed by atoms with Gasteiger partial charge in [0.05, 0.1) is 13.7 Å². The molecule has 1 amide bonds. The van der Waals surface area contributed by atoms with E-state index in [1.165, 1.54) is 0 Å². The van der Waals surface area contributed by atoms with Crippen molar-refractivity contribution in [1.82, 2.24) is 4.98 Å². The Balaban J connectivity index is 1.59. The summed E-state index contributed by atoms with van der Waals surface area (Å²) in [6.45, 7) is 0.195. The van der Waals surface area contributed by atoms with Crippen LogP contribution in [0.15, 0.2) is 60.9 Å². The third-order valence-corrected chi connectivity index (χ3v) is 3.47. The van der Waals surface area contributed by atoms with Crippen molar-refractivity contribution in [2.45, 2.75) is 0 Å². The molecule has 3 rings (SSSR count). The first-order chi connectivity index (χ1) is 11.2. The first-order valence-corrected chi connectivity index (χ1v) is 7.26. The molecule has 0 aliphatic rings. The number of hydrogen-bond donors (Lipinski definition) is 2. The van der Waals surface area contributed by atoms with Crippen molar-refractivity contribution in [2.24, 2.45) is 0 Å². The average molecular weight is 307 g/mol. The van der Waals surface area contributed by atoms with Gasteiger partial charge >= 0.3 is 0 Å². The Hall–Kier alpha value is -3.08. The zero-order valence-corrected chi connectivity index (χ0v) is 12.7. The Morgan fingerprint density at radius 3 is 2.61 bits per heavy atom. The number of anilines is 2. The van der Waals surface area contributed by atoms with E-state index < -0.39 is 0 Å². The fourth-order valence-corrected chi connectivity index (χ4v) is 2.26. The van der Waals surface area contributed by atoms with Gasteiger partial charge < -0.3 is 15.4 Å². The maximum Gasteiger partial charge on any atom is 0.243 e. The van der Waals surface area contributed by atoms with E-state index in [9.17, 15) is 4.79 Å². The third kappa shape index (κ3) is 3.77. The first-order valence-electron chi connectivity index (χ1n) is 7.26. The van der Waals surface area contributed by atoms with Gasteiger partial charge in [-0.3, -0.25) is 9.78 Å². The number of pyridine rings is 1. The Kier molecular flexibility index (Phi) is 4.38. The lowest BCUT2D eigenvalue weighted by molar-refractivity contribution is -0.114. The van der Waals surface area contributed by atoms with E-state index in [1.54, 1.807) is 19.5 Å². The summed E-state index contributed by atoms with van der Waals surface area (Å²) in [7, 11) is 1.62. The van der Waals surface area contributed by atoms with Gasteiger partial charge in [-0.2, -0.15) is 0 Å². The minimum atomic E-state index is -0.103. The number of methoxy groups -OCH3 is 1. The Bertz CT molecular complexity index is 816. The lowest BCUT2D eigenvalue weighted by atomic mass is 10.1. The fraction of sp³-hybridized carbons (Fsp3) is 0.111. The van der Waals surface area contributed by atoms with Crippen LogP contribution in [0.25, 0.3) is 10.8 Å². The Labute approximate surface area is 134 Å². The number of benzene rings is 2. The number of nitrogens with one attached hydrogen (secondary N) is 2. The Morgan fingerprint density at radius 1 is 1.04 bits per heavy atom. The van der Waals surface area contributed by atoms with Crippen LogP contribution >= 0.6 is 0 Å². The van der Waals surface area contributed by atoms with Gasteiger partial charge in [0.15, 0.2) is 0 Å². The molecule has 5 nitrogen and oxygen atoms in total. The van der Waals surface area contributed by atoms with Crippen molar-refractivity contribution in [3.8, 4) is 5.75 Å². The summed E-state index contributed by atoms with van der Waals surface area (Å²) in [5, 5.41) is 8.04. The van der Waals surface area contributed by atoms with Gasteiger partial charge in [0.25, 0.3) is 0 Å². The first kappa shape index (κ1) is 14.8. The van der Waals surface area contributed by atoms with Crippen LogP contribution in [0.4, 0.5) is 11.4 Å². The van der Waals surface area contributed by atoms with Crippen molar-refractivity contribution in [2.75, 3.05) is 24.3 Å². The van der Waals surface area contributed by atoms with Crippen molar-refractivity contribution >= 4 is 28.1 Å². The highest BCUT2D eigenvalue weighted by Gasteiger charge is 2.03. The lowest BCUT2D eigenvalue weighted by Crippen LogP contribution is -2.21. The van der Waals surface area contributed by atoms with Gasteiger partial charge in [-0.05, 0) is 47.9 Å². The van der Waals surface area contributed by atoms with Crippen LogP contribution in [-0.2, 0) is 4.79 Å². The second kappa shape index (κ2) is 6.79. The van der Waals surface area contributed by atoms with E-state index in [0.29, 0.717) is 0 Å². The molecule has 2 N–H and O–H groups in total. The molecule has 0 spiro atoms. The van der Waals surface area contributed by atoms with Crippen LogP contribution in [-0.4, -0.2) is 24.5 Å². The number of nitrogens with zero attached hydrogens (tertiary/aromatic N) is 1. The molecule has 5 heteroatoms. The summed E-state index contributed by atoms with van der Waals surface area (Å²) in [5.41, 5.74) is 1.63. The molecule has 3 aromatic rings. The van der Waals surface area contributed by atoms with E-state index in [2.05, 4.69) is 15.6 Å². The van der Waals surface area contributed by atoms with Crippen LogP contribution in [0.3, 0.4) is 0 Å².